The largest absolute Gasteiger partial charge is 0.354 e. The number of carbonyl (C=O) groups is 2. The van der Waals surface area contributed by atoms with Gasteiger partial charge in [-0.2, -0.15) is 0 Å². The van der Waals surface area contributed by atoms with Gasteiger partial charge in [0, 0.05) is 18.8 Å². The van der Waals surface area contributed by atoms with Gasteiger partial charge in [-0.3, -0.25) is 14.6 Å². The Morgan fingerprint density at radius 2 is 1.74 bits per heavy atom. The molecule has 1 heterocycles. The maximum Gasteiger partial charge on any atom is 0.269 e. The number of aromatic nitrogens is 1. The second kappa shape index (κ2) is 5.44. The van der Waals surface area contributed by atoms with Crippen molar-refractivity contribution in [3.63, 3.8) is 0 Å². The highest BCUT2D eigenvalue weighted by Crippen LogP contribution is 2.20. The van der Waals surface area contributed by atoms with Gasteiger partial charge in [0.15, 0.2) is 5.78 Å². The molecule has 4 heteroatoms. The summed E-state index contributed by atoms with van der Waals surface area (Å²) in [7, 11) is 1.57. The summed E-state index contributed by atoms with van der Waals surface area (Å²) in [6.45, 7) is 1.53. The van der Waals surface area contributed by atoms with Crippen molar-refractivity contribution in [3.05, 3.63) is 53.9 Å². The highest BCUT2D eigenvalue weighted by atomic mass is 16.1. The molecule has 0 saturated carbocycles. The van der Waals surface area contributed by atoms with Crippen LogP contribution in [0.2, 0.25) is 0 Å². The monoisotopic (exact) mass is 254 g/mol. The Hall–Kier alpha value is -2.49. The minimum absolute atomic E-state index is 0.0346. The number of nitrogens with zero attached hydrogens (tertiary/aromatic N) is 1. The summed E-state index contributed by atoms with van der Waals surface area (Å²) in [4.78, 5) is 26.7. The van der Waals surface area contributed by atoms with Crippen molar-refractivity contribution < 1.29 is 9.59 Å². The number of ketones is 1. The van der Waals surface area contributed by atoms with Crippen LogP contribution >= 0.6 is 0 Å². The molecule has 0 unspecified atom stereocenters. The van der Waals surface area contributed by atoms with Crippen LogP contribution in [0.4, 0.5) is 0 Å². The van der Waals surface area contributed by atoms with Gasteiger partial charge in [0.2, 0.25) is 0 Å². The lowest BCUT2D eigenvalue weighted by molar-refractivity contribution is 0.0957. The zero-order valence-electron chi connectivity index (χ0n) is 10.8. The van der Waals surface area contributed by atoms with Gasteiger partial charge in [0.05, 0.1) is 0 Å². The molecule has 2 aromatic rings. The molecule has 96 valence electrons. The molecule has 2 rings (SSSR count). The van der Waals surface area contributed by atoms with Crippen LogP contribution in [0, 0.1) is 0 Å². The lowest BCUT2D eigenvalue weighted by atomic mass is 10.0. The molecule has 0 aliphatic carbocycles. The standard InChI is InChI=1S/C15H14N2O2/c1-10(18)11-3-5-12(6-4-11)13-7-8-17-14(9-13)15(19)16-2/h3-9H,1-2H3,(H,16,19). The number of rotatable bonds is 3. The minimum Gasteiger partial charge on any atom is -0.354 e. The summed E-state index contributed by atoms with van der Waals surface area (Å²) in [5.41, 5.74) is 2.88. The van der Waals surface area contributed by atoms with E-state index in [1.807, 2.05) is 18.2 Å². The number of carbonyl (C=O) groups excluding carboxylic acids is 2. The summed E-state index contributed by atoms with van der Waals surface area (Å²) < 4.78 is 0. The van der Waals surface area contributed by atoms with E-state index in [-0.39, 0.29) is 11.7 Å². The lowest BCUT2D eigenvalue weighted by Gasteiger charge is -2.05. The van der Waals surface area contributed by atoms with Crippen molar-refractivity contribution in [1.29, 1.82) is 0 Å². The van der Waals surface area contributed by atoms with Crippen LogP contribution in [0.5, 0.6) is 0 Å². The maximum atomic E-state index is 11.5. The van der Waals surface area contributed by atoms with Gasteiger partial charge in [-0.25, -0.2) is 0 Å². The highest BCUT2D eigenvalue weighted by Gasteiger charge is 2.07. The van der Waals surface area contributed by atoms with E-state index in [4.69, 9.17) is 0 Å². The molecule has 0 spiro atoms. The highest BCUT2D eigenvalue weighted by molar-refractivity contribution is 5.95. The van der Waals surface area contributed by atoms with Crippen LogP contribution < -0.4 is 5.32 Å². The third kappa shape index (κ3) is 2.85. The molecule has 1 N–H and O–H groups in total. The first kappa shape index (κ1) is 13.0. The number of benzene rings is 1. The minimum atomic E-state index is -0.220. The first-order valence-corrected chi connectivity index (χ1v) is 5.91. The first-order valence-electron chi connectivity index (χ1n) is 5.91. The second-order valence-corrected chi connectivity index (χ2v) is 4.14. The SMILES string of the molecule is CNC(=O)c1cc(-c2ccc(C(C)=O)cc2)ccn1. The van der Waals surface area contributed by atoms with E-state index in [2.05, 4.69) is 10.3 Å². The quantitative estimate of drug-likeness (QED) is 0.855. The normalized spacial score (nSPS) is 10.0. The molecule has 0 bridgehead atoms. The van der Waals surface area contributed by atoms with Crippen molar-refractivity contribution in [2.45, 2.75) is 6.92 Å². The summed E-state index contributed by atoms with van der Waals surface area (Å²) in [6.07, 6.45) is 1.60. The van der Waals surface area contributed by atoms with Crippen molar-refractivity contribution in [3.8, 4) is 11.1 Å². The van der Waals surface area contributed by atoms with Gasteiger partial charge in [-0.05, 0) is 30.2 Å². The van der Waals surface area contributed by atoms with Crippen LogP contribution in [0.3, 0.4) is 0 Å². The molecule has 0 fully saturated rings. The van der Waals surface area contributed by atoms with Gasteiger partial charge >= 0.3 is 0 Å². The van der Waals surface area contributed by atoms with E-state index in [1.54, 1.807) is 31.4 Å². The van der Waals surface area contributed by atoms with Crippen LogP contribution in [0.1, 0.15) is 27.8 Å². The molecule has 0 aliphatic heterocycles. The zero-order chi connectivity index (χ0) is 13.8. The Bertz CT molecular complexity index is 618. The average molecular weight is 254 g/mol. The molecule has 1 amide bonds. The fraction of sp³-hybridized carbons (Fsp3) is 0.133. The maximum absolute atomic E-state index is 11.5. The Balaban J connectivity index is 2.36. The molecular weight excluding hydrogens is 240 g/mol. The van der Waals surface area contributed by atoms with Crippen LogP contribution in [0.15, 0.2) is 42.6 Å². The second-order valence-electron chi connectivity index (χ2n) is 4.14. The van der Waals surface area contributed by atoms with Crippen molar-refractivity contribution in [2.24, 2.45) is 0 Å². The number of hydrogen-bond acceptors (Lipinski definition) is 3. The number of amides is 1. The summed E-state index contributed by atoms with van der Waals surface area (Å²) >= 11 is 0. The molecule has 1 aromatic heterocycles. The Morgan fingerprint density at radius 1 is 1.05 bits per heavy atom. The van der Waals surface area contributed by atoms with E-state index >= 15 is 0 Å². The van der Waals surface area contributed by atoms with E-state index in [0.717, 1.165) is 11.1 Å². The predicted molar refractivity (Wildman–Crippen MR) is 73.1 cm³/mol. The van der Waals surface area contributed by atoms with Gasteiger partial charge in [0.25, 0.3) is 5.91 Å². The average Bonchev–Trinajstić information content (AvgIpc) is 2.46. The summed E-state index contributed by atoms with van der Waals surface area (Å²) in [5.74, 6) is -0.186. The predicted octanol–water partition coefficient (Wildman–Crippen LogP) is 2.31. The van der Waals surface area contributed by atoms with Crippen molar-refractivity contribution >= 4 is 11.7 Å². The lowest BCUT2D eigenvalue weighted by Crippen LogP contribution is -2.19. The van der Waals surface area contributed by atoms with Gasteiger partial charge in [-0.1, -0.05) is 24.3 Å². The van der Waals surface area contributed by atoms with Crippen LogP contribution in [0.25, 0.3) is 11.1 Å². The molecule has 0 aliphatic rings. The molecule has 0 atom stereocenters. The number of Topliss-reactive ketones (excluding diaryl/α,β-unsaturated/α-hetero) is 1. The van der Waals surface area contributed by atoms with E-state index in [9.17, 15) is 9.59 Å². The number of pyridine rings is 1. The Labute approximate surface area is 111 Å². The molecule has 0 radical (unpaired) electrons. The molecule has 1 aromatic carbocycles. The number of hydrogen-bond donors (Lipinski definition) is 1. The summed E-state index contributed by atoms with van der Waals surface area (Å²) in [6, 6.07) is 10.8. The Kier molecular flexibility index (Phi) is 3.71. The van der Waals surface area contributed by atoms with E-state index in [0.29, 0.717) is 11.3 Å². The fourth-order valence-corrected chi connectivity index (χ4v) is 1.76. The van der Waals surface area contributed by atoms with Crippen LogP contribution in [-0.2, 0) is 0 Å². The smallest absolute Gasteiger partial charge is 0.269 e. The third-order valence-electron chi connectivity index (χ3n) is 2.84. The van der Waals surface area contributed by atoms with Crippen molar-refractivity contribution in [1.82, 2.24) is 10.3 Å². The Morgan fingerprint density at radius 3 is 2.32 bits per heavy atom. The van der Waals surface area contributed by atoms with E-state index in [1.165, 1.54) is 6.92 Å². The van der Waals surface area contributed by atoms with Crippen LogP contribution in [-0.4, -0.2) is 23.7 Å². The topological polar surface area (TPSA) is 59.1 Å². The third-order valence-corrected chi connectivity index (χ3v) is 2.84. The zero-order valence-corrected chi connectivity index (χ0v) is 10.8. The number of nitrogens with one attached hydrogen (secondary N) is 1. The van der Waals surface area contributed by atoms with Crippen molar-refractivity contribution in [2.75, 3.05) is 7.05 Å². The van der Waals surface area contributed by atoms with Gasteiger partial charge in [0.1, 0.15) is 5.69 Å². The molecule has 19 heavy (non-hydrogen) atoms. The van der Waals surface area contributed by atoms with Gasteiger partial charge < -0.3 is 5.32 Å². The molecular formula is C15H14N2O2. The first-order chi connectivity index (χ1) is 9.11. The molecule has 4 nitrogen and oxygen atoms in total. The molecule has 0 saturated heterocycles. The summed E-state index contributed by atoms with van der Waals surface area (Å²) in [5, 5.41) is 2.54. The van der Waals surface area contributed by atoms with E-state index < -0.39 is 0 Å². The fourth-order valence-electron chi connectivity index (χ4n) is 1.76. The van der Waals surface area contributed by atoms with Gasteiger partial charge in [-0.15, -0.1) is 0 Å².